The molecule has 0 fully saturated rings. The second kappa shape index (κ2) is 8.55. The molecule has 0 atom stereocenters. The van der Waals surface area contributed by atoms with E-state index in [0.717, 1.165) is 16.1 Å². The monoisotopic (exact) mass is 459 g/mol. The second-order valence-corrected chi connectivity index (χ2v) is 8.00. The van der Waals surface area contributed by atoms with Crippen molar-refractivity contribution >= 4 is 40.8 Å². The van der Waals surface area contributed by atoms with Gasteiger partial charge in [-0.25, -0.2) is 13.7 Å². The molecular formula is C21H16Cl2FN5S. The summed E-state index contributed by atoms with van der Waals surface area (Å²) < 4.78 is 16.5. The van der Waals surface area contributed by atoms with E-state index in [2.05, 4.69) is 15.2 Å². The third-order valence-corrected chi connectivity index (χ3v) is 5.96. The highest BCUT2D eigenvalue weighted by Gasteiger charge is 2.14. The van der Waals surface area contributed by atoms with E-state index in [1.54, 1.807) is 34.8 Å². The van der Waals surface area contributed by atoms with Gasteiger partial charge in [-0.2, -0.15) is 10.2 Å². The fourth-order valence-electron chi connectivity index (χ4n) is 2.91. The lowest BCUT2D eigenvalue weighted by molar-refractivity contribution is 0.627. The molecule has 2 aromatic carbocycles. The Labute approximate surface area is 186 Å². The first kappa shape index (κ1) is 20.5. The molecule has 0 saturated carbocycles. The van der Waals surface area contributed by atoms with Gasteiger partial charge < -0.3 is 0 Å². The maximum absolute atomic E-state index is 13.2. The number of thiazole rings is 1. The Morgan fingerprint density at radius 1 is 1.07 bits per heavy atom. The Bertz CT molecular complexity index is 1280. The maximum Gasteiger partial charge on any atom is 0.205 e. The van der Waals surface area contributed by atoms with E-state index >= 15 is 0 Å². The summed E-state index contributed by atoms with van der Waals surface area (Å²) in [6.07, 6.45) is 1.66. The number of hydrogen-bond donors (Lipinski definition) is 0. The average Bonchev–Trinajstić information content (AvgIpc) is 3.28. The normalized spacial score (nSPS) is 12.2. The largest absolute Gasteiger partial charge is 0.261 e. The highest BCUT2D eigenvalue weighted by atomic mass is 35.5. The van der Waals surface area contributed by atoms with Crippen molar-refractivity contribution in [1.82, 2.24) is 14.5 Å². The molecule has 0 radical (unpaired) electrons. The lowest BCUT2D eigenvalue weighted by Crippen LogP contribution is -2.11. The summed E-state index contributed by atoms with van der Waals surface area (Å²) in [5.74, 6) is -0.319. The molecule has 0 amide bonds. The Balaban J connectivity index is 1.76. The lowest BCUT2D eigenvalue weighted by Gasteiger charge is -2.04. The van der Waals surface area contributed by atoms with E-state index in [4.69, 9.17) is 23.2 Å². The molecule has 0 spiro atoms. The van der Waals surface area contributed by atoms with Gasteiger partial charge in [-0.15, -0.1) is 11.3 Å². The number of nitrogens with zero attached hydrogens (tertiary/aromatic N) is 5. The van der Waals surface area contributed by atoms with Gasteiger partial charge >= 0.3 is 0 Å². The Morgan fingerprint density at radius 3 is 2.43 bits per heavy atom. The van der Waals surface area contributed by atoms with Crippen LogP contribution in [-0.2, 0) is 0 Å². The van der Waals surface area contributed by atoms with Crippen molar-refractivity contribution in [1.29, 1.82) is 0 Å². The van der Waals surface area contributed by atoms with E-state index < -0.39 is 0 Å². The van der Waals surface area contributed by atoms with E-state index in [-0.39, 0.29) is 5.82 Å². The highest BCUT2D eigenvalue weighted by Crippen LogP contribution is 2.24. The first-order valence-electron chi connectivity index (χ1n) is 8.92. The van der Waals surface area contributed by atoms with Crippen molar-refractivity contribution in [2.45, 2.75) is 6.92 Å². The van der Waals surface area contributed by atoms with Gasteiger partial charge in [0, 0.05) is 23.0 Å². The number of hydrogen-bond acceptors (Lipinski definition) is 4. The molecule has 9 heteroatoms. The first-order chi connectivity index (χ1) is 14.5. The van der Waals surface area contributed by atoms with E-state index in [0.29, 0.717) is 27.1 Å². The van der Waals surface area contributed by atoms with Crippen molar-refractivity contribution in [3.8, 4) is 16.9 Å². The number of halogens is 3. The van der Waals surface area contributed by atoms with Crippen molar-refractivity contribution in [2.24, 2.45) is 10.1 Å². The Hall–Kier alpha value is -2.74. The number of aromatic nitrogens is 3. The van der Waals surface area contributed by atoms with Gasteiger partial charge in [-0.1, -0.05) is 35.3 Å². The van der Waals surface area contributed by atoms with Crippen LogP contribution >= 0.6 is 34.5 Å². The zero-order chi connectivity index (χ0) is 21.3. The fraction of sp³-hybridized carbons (Fsp3) is 0.0952. The topological polar surface area (TPSA) is 47.5 Å². The van der Waals surface area contributed by atoms with E-state index in [1.807, 2.05) is 36.6 Å². The molecule has 0 aliphatic heterocycles. The van der Waals surface area contributed by atoms with Crippen LogP contribution in [0.2, 0.25) is 10.2 Å². The van der Waals surface area contributed by atoms with Crippen LogP contribution in [0.5, 0.6) is 0 Å². The van der Waals surface area contributed by atoms with E-state index in [9.17, 15) is 4.39 Å². The molecule has 0 bridgehead atoms. The number of rotatable bonds is 4. The van der Waals surface area contributed by atoms with Crippen LogP contribution in [0.3, 0.4) is 0 Å². The third kappa shape index (κ3) is 3.96. The van der Waals surface area contributed by atoms with Crippen LogP contribution in [0.25, 0.3) is 16.9 Å². The van der Waals surface area contributed by atoms with Gasteiger partial charge in [0.05, 0.1) is 28.9 Å². The van der Waals surface area contributed by atoms with Crippen LogP contribution in [0, 0.1) is 12.7 Å². The molecule has 0 unspecified atom stereocenters. The molecule has 0 aliphatic rings. The minimum Gasteiger partial charge on any atom is -0.261 e. The minimum absolute atomic E-state index is 0.319. The van der Waals surface area contributed by atoms with Crippen LogP contribution in [0.4, 0.5) is 4.39 Å². The van der Waals surface area contributed by atoms with Crippen molar-refractivity contribution in [3.05, 3.63) is 86.0 Å². The predicted molar refractivity (Wildman–Crippen MR) is 121 cm³/mol. The van der Waals surface area contributed by atoms with Gasteiger partial charge in [-0.3, -0.25) is 4.99 Å². The Kier molecular flexibility index (Phi) is 5.85. The van der Waals surface area contributed by atoms with Crippen LogP contribution < -0.4 is 4.80 Å². The molecule has 30 heavy (non-hydrogen) atoms. The molecule has 4 aromatic rings. The summed E-state index contributed by atoms with van der Waals surface area (Å²) in [5, 5.41) is 12.1. The smallest absolute Gasteiger partial charge is 0.205 e. The molecule has 0 saturated heterocycles. The molecule has 2 heterocycles. The quantitative estimate of drug-likeness (QED) is 0.368. The molecule has 0 aliphatic carbocycles. The maximum atomic E-state index is 13.2. The second-order valence-electron chi connectivity index (χ2n) is 6.37. The van der Waals surface area contributed by atoms with Crippen molar-refractivity contribution in [3.63, 3.8) is 0 Å². The number of aryl methyl sites for hydroxylation is 1. The van der Waals surface area contributed by atoms with Gasteiger partial charge in [0.1, 0.15) is 11.0 Å². The summed E-state index contributed by atoms with van der Waals surface area (Å²) in [4.78, 5) is 5.04. The van der Waals surface area contributed by atoms with Crippen LogP contribution in [0.15, 0.2) is 64.0 Å². The standard InChI is InChI=1S/C21H16Cl2FN5S/c1-13-18(20(23)28(27-13)17-9-7-16(24)8-10-17)11-26-29-19(12-30-21(29)25-2)14-3-5-15(22)6-4-14/h3-12H,1-2H3/b25-21?,26-11-. The van der Waals surface area contributed by atoms with Crippen LogP contribution in [-0.4, -0.2) is 27.7 Å². The summed E-state index contributed by atoms with van der Waals surface area (Å²) in [7, 11) is 1.72. The van der Waals surface area contributed by atoms with Gasteiger partial charge in [0.15, 0.2) is 0 Å². The molecule has 5 nitrogen and oxygen atoms in total. The van der Waals surface area contributed by atoms with E-state index in [1.165, 1.54) is 23.5 Å². The highest BCUT2D eigenvalue weighted by molar-refractivity contribution is 7.07. The van der Waals surface area contributed by atoms with Gasteiger partial charge in [-0.05, 0) is 43.3 Å². The van der Waals surface area contributed by atoms with Crippen molar-refractivity contribution < 1.29 is 4.39 Å². The zero-order valence-corrected chi connectivity index (χ0v) is 18.4. The summed E-state index contributed by atoms with van der Waals surface area (Å²) >= 11 is 14.1. The molecule has 2 aromatic heterocycles. The minimum atomic E-state index is -0.319. The van der Waals surface area contributed by atoms with Crippen molar-refractivity contribution in [2.75, 3.05) is 7.05 Å². The average molecular weight is 460 g/mol. The predicted octanol–water partition coefficient (Wildman–Crippen LogP) is 5.57. The summed E-state index contributed by atoms with van der Waals surface area (Å²) in [6, 6.07) is 13.5. The first-order valence-corrected chi connectivity index (χ1v) is 10.6. The molecular weight excluding hydrogens is 444 g/mol. The summed E-state index contributed by atoms with van der Waals surface area (Å²) in [6.45, 7) is 1.84. The summed E-state index contributed by atoms with van der Waals surface area (Å²) in [5.41, 5.74) is 3.88. The van der Waals surface area contributed by atoms with Gasteiger partial charge in [0.25, 0.3) is 0 Å². The molecule has 0 N–H and O–H groups in total. The lowest BCUT2D eigenvalue weighted by atomic mass is 10.2. The fourth-order valence-corrected chi connectivity index (χ4v) is 4.16. The Morgan fingerprint density at radius 2 is 1.77 bits per heavy atom. The van der Waals surface area contributed by atoms with Gasteiger partial charge in [0.2, 0.25) is 4.80 Å². The SMILES string of the molecule is CN=c1scc(-c2ccc(Cl)cc2)n1/N=C\c1c(C)nn(-c2ccc(F)cc2)c1Cl. The van der Waals surface area contributed by atoms with Crippen LogP contribution in [0.1, 0.15) is 11.3 Å². The third-order valence-electron chi connectivity index (χ3n) is 4.44. The molecule has 4 rings (SSSR count). The molecule has 152 valence electrons. The number of benzene rings is 2. The zero-order valence-electron chi connectivity index (χ0n) is 16.1.